The second kappa shape index (κ2) is 8.03. The van der Waals surface area contributed by atoms with Gasteiger partial charge < -0.3 is 9.80 Å². The van der Waals surface area contributed by atoms with Crippen LogP contribution >= 0.6 is 22.9 Å². The molecule has 1 amide bonds. The molecule has 0 radical (unpaired) electrons. The Kier molecular flexibility index (Phi) is 5.21. The van der Waals surface area contributed by atoms with Crippen LogP contribution in [-0.2, 0) is 0 Å². The lowest BCUT2D eigenvalue weighted by Crippen LogP contribution is -2.47. The Morgan fingerprint density at radius 1 is 1.19 bits per heavy atom. The molecule has 5 rings (SSSR count). The van der Waals surface area contributed by atoms with Crippen LogP contribution in [0.25, 0.3) is 32.0 Å². The number of nitrogens with zero attached hydrogens (tertiary/aromatic N) is 5. The fourth-order valence-corrected chi connectivity index (χ4v) is 4.99. The van der Waals surface area contributed by atoms with E-state index in [1.54, 1.807) is 12.4 Å². The molecule has 1 aromatic carbocycles. The number of amides is 1. The molecule has 4 heterocycles. The molecule has 3 aromatic heterocycles. The third-order valence-electron chi connectivity index (χ3n) is 5.67. The van der Waals surface area contributed by atoms with Crippen molar-refractivity contribution in [2.24, 2.45) is 0 Å². The average Bonchev–Trinajstić information content (AvgIpc) is 3.42. The molecule has 1 fully saturated rings. The molecule has 0 bridgehead atoms. The van der Waals surface area contributed by atoms with Crippen LogP contribution < -0.4 is 0 Å². The molecule has 0 spiro atoms. The topological polar surface area (TPSA) is 78.0 Å². The Balaban J connectivity index is 1.62. The summed E-state index contributed by atoms with van der Waals surface area (Å²) in [5, 5.41) is 9.89. The number of fused-ring (bicyclic) bond motifs is 1. The van der Waals surface area contributed by atoms with Crippen molar-refractivity contribution in [2.75, 3.05) is 33.2 Å². The van der Waals surface area contributed by atoms with Gasteiger partial charge in [-0.1, -0.05) is 17.7 Å². The Bertz CT molecular complexity index is 1260. The number of H-pyrrole nitrogens is 1. The molecule has 0 unspecified atom stereocenters. The first-order valence-electron chi connectivity index (χ1n) is 10.1. The highest BCUT2D eigenvalue weighted by Gasteiger charge is 2.28. The number of likely N-dealkylation sites (N-methyl/N-ethyl adjacent to an activating group) is 1. The zero-order valence-corrected chi connectivity index (χ0v) is 18.8. The number of carbonyl (C=O) groups is 1. The lowest BCUT2D eigenvalue weighted by atomic mass is 10.1. The Morgan fingerprint density at radius 2 is 2.00 bits per heavy atom. The van der Waals surface area contributed by atoms with Gasteiger partial charge in [-0.3, -0.25) is 14.9 Å². The highest BCUT2D eigenvalue weighted by atomic mass is 35.5. The third-order valence-corrected chi connectivity index (χ3v) is 7.20. The van der Waals surface area contributed by atoms with Gasteiger partial charge in [-0.15, -0.1) is 11.3 Å². The lowest BCUT2D eigenvalue weighted by Gasteiger charge is -2.32. The first kappa shape index (κ1) is 20.1. The smallest absolute Gasteiger partial charge is 0.274 e. The zero-order chi connectivity index (χ0) is 21.5. The third kappa shape index (κ3) is 3.60. The molecule has 0 aliphatic carbocycles. The van der Waals surface area contributed by atoms with Crippen LogP contribution in [0.15, 0.2) is 36.7 Å². The van der Waals surface area contributed by atoms with Crippen LogP contribution in [0.5, 0.6) is 0 Å². The molecule has 158 valence electrons. The summed E-state index contributed by atoms with van der Waals surface area (Å²) in [5.74, 6) is -0.0440. The maximum atomic E-state index is 13.4. The van der Waals surface area contributed by atoms with Crippen LogP contribution in [0.3, 0.4) is 0 Å². The highest BCUT2D eigenvalue weighted by Crippen LogP contribution is 2.38. The predicted molar refractivity (Wildman–Crippen MR) is 124 cm³/mol. The minimum absolute atomic E-state index is 0.0440. The maximum Gasteiger partial charge on any atom is 0.274 e. The quantitative estimate of drug-likeness (QED) is 0.506. The Morgan fingerprint density at radius 3 is 2.74 bits per heavy atom. The Hall–Kier alpha value is -2.81. The van der Waals surface area contributed by atoms with Crippen LogP contribution in [0.4, 0.5) is 0 Å². The van der Waals surface area contributed by atoms with E-state index in [0.717, 1.165) is 50.7 Å². The van der Waals surface area contributed by atoms with Gasteiger partial charge in [0.05, 0.1) is 10.4 Å². The van der Waals surface area contributed by atoms with E-state index in [9.17, 15) is 4.79 Å². The van der Waals surface area contributed by atoms with Crippen LogP contribution in [0.1, 0.15) is 16.1 Å². The SMILES string of the molecule is Cc1c(Cl)ccc2c(-c3nc(C(=O)N4CCN(C)CC4)c(-c4cccnc4)s3)[nH]nc12. The number of hydrogen-bond donors (Lipinski definition) is 1. The van der Waals surface area contributed by atoms with Gasteiger partial charge in [-0.25, -0.2) is 4.98 Å². The molecule has 1 saturated heterocycles. The molecule has 9 heteroatoms. The van der Waals surface area contributed by atoms with E-state index < -0.39 is 0 Å². The fourth-order valence-electron chi connectivity index (χ4n) is 3.78. The van der Waals surface area contributed by atoms with E-state index in [-0.39, 0.29) is 5.91 Å². The van der Waals surface area contributed by atoms with Gasteiger partial charge in [-0.2, -0.15) is 5.10 Å². The van der Waals surface area contributed by atoms with E-state index in [1.165, 1.54) is 11.3 Å². The van der Waals surface area contributed by atoms with Gasteiger partial charge in [-0.05, 0) is 37.7 Å². The molecule has 1 N–H and O–H groups in total. The number of pyridine rings is 1. The van der Waals surface area contributed by atoms with Gasteiger partial charge in [0.1, 0.15) is 16.4 Å². The van der Waals surface area contributed by atoms with Gasteiger partial charge in [0.25, 0.3) is 5.91 Å². The first-order valence-corrected chi connectivity index (χ1v) is 11.2. The number of nitrogens with one attached hydrogen (secondary N) is 1. The van der Waals surface area contributed by atoms with Crippen molar-refractivity contribution < 1.29 is 4.79 Å². The summed E-state index contributed by atoms with van der Waals surface area (Å²) in [7, 11) is 2.07. The van der Waals surface area contributed by atoms with E-state index in [0.29, 0.717) is 23.8 Å². The van der Waals surface area contributed by atoms with Gasteiger partial charge in [0, 0.05) is 54.5 Å². The number of aromatic nitrogens is 4. The maximum absolute atomic E-state index is 13.4. The largest absolute Gasteiger partial charge is 0.335 e. The van der Waals surface area contributed by atoms with Gasteiger partial charge in [0.15, 0.2) is 0 Å². The Labute approximate surface area is 188 Å². The van der Waals surface area contributed by atoms with Crippen LogP contribution in [-0.4, -0.2) is 69.1 Å². The second-order valence-corrected chi connectivity index (χ2v) is 9.11. The molecule has 0 saturated carbocycles. The molecule has 1 aliphatic heterocycles. The summed E-state index contributed by atoms with van der Waals surface area (Å²) < 4.78 is 0. The molecule has 1 aliphatic rings. The standard InChI is InChI=1S/C22H21ClN6OS/c1-13-16(23)6-5-15-17(13)26-27-18(15)21-25-19(20(31-21)14-4-3-7-24-12-14)22(30)29-10-8-28(2)9-11-29/h3-7,12H,8-11H2,1-2H3,(H,26,27). The summed E-state index contributed by atoms with van der Waals surface area (Å²) >= 11 is 7.74. The number of hydrogen-bond acceptors (Lipinski definition) is 6. The monoisotopic (exact) mass is 452 g/mol. The fraction of sp³-hybridized carbons (Fsp3) is 0.273. The molecule has 0 atom stereocenters. The van der Waals surface area contributed by atoms with Crippen molar-refractivity contribution in [2.45, 2.75) is 6.92 Å². The van der Waals surface area contributed by atoms with Crippen molar-refractivity contribution in [1.82, 2.24) is 30.0 Å². The second-order valence-electron chi connectivity index (χ2n) is 7.70. The molecule has 7 nitrogen and oxygen atoms in total. The number of benzene rings is 1. The minimum Gasteiger partial charge on any atom is -0.335 e. The van der Waals surface area contributed by atoms with Crippen molar-refractivity contribution >= 4 is 39.7 Å². The number of rotatable bonds is 3. The first-order chi connectivity index (χ1) is 15.0. The van der Waals surface area contributed by atoms with E-state index in [4.69, 9.17) is 16.6 Å². The van der Waals surface area contributed by atoms with Gasteiger partial charge in [0.2, 0.25) is 0 Å². The van der Waals surface area contributed by atoms with Crippen molar-refractivity contribution in [3.8, 4) is 21.1 Å². The van der Waals surface area contributed by atoms with Crippen LogP contribution in [0, 0.1) is 6.92 Å². The predicted octanol–water partition coefficient (Wildman–Crippen LogP) is 4.10. The molecule has 4 aromatic rings. The number of piperazine rings is 1. The van der Waals surface area contributed by atoms with E-state index >= 15 is 0 Å². The normalized spacial score (nSPS) is 15.0. The molecule has 31 heavy (non-hydrogen) atoms. The van der Waals surface area contributed by atoms with Crippen molar-refractivity contribution in [3.63, 3.8) is 0 Å². The number of aromatic amines is 1. The van der Waals surface area contributed by atoms with E-state index in [2.05, 4.69) is 27.1 Å². The van der Waals surface area contributed by atoms with Crippen LogP contribution in [0.2, 0.25) is 5.02 Å². The highest BCUT2D eigenvalue weighted by molar-refractivity contribution is 7.18. The number of aryl methyl sites for hydroxylation is 1. The summed E-state index contributed by atoms with van der Waals surface area (Å²) in [6, 6.07) is 7.64. The summed E-state index contributed by atoms with van der Waals surface area (Å²) in [6.07, 6.45) is 3.50. The lowest BCUT2D eigenvalue weighted by molar-refractivity contribution is 0.0660. The van der Waals surface area contributed by atoms with Crippen molar-refractivity contribution in [1.29, 1.82) is 0 Å². The molecular formula is C22H21ClN6OS. The van der Waals surface area contributed by atoms with E-state index in [1.807, 2.05) is 36.1 Å². The average molecular weight is 453 g/mol. The molecular weight excluding hydrogens is 432 g/mol. The zero-order valence-electron chi connectivity index (χ0n) is 17.2. The van der Waals surface area contributed by atoms with Gasteiger partial charge >= 0.3 is 0 Å². The number of carbonyl (C=O) groups excluding carboxylic acids is 1. The minimum atomic E-state index is -0.0440. The summed E-state index contributed by atoms with van der Waals surface area (Å²) in [5.41, 5.74) is 3.87. The number of halogens is 1. The van der Waals surface area contributed by atoms with Crippen molar-refractivity contribution in [3.05, 3.63) is 52.9 Å². The summed E-state index contributed by atoms with van der Waals surface area (Å²) in [4.78, 5) is 27.4. The number of thiazole rings is 1. The summed E-state index contributed by atoms with van der Waals surface area (Å²) in [6.45, 7) is 5.05.